The van der Waals surface area contributed by atoms with E-state index < -0.39 is 0 Å². The topological polar surface area (TPSA) is 38.0 Å². The van der Waals surface area contributed by atoms with Crippen LogP contribution in [0.5, 0.6) is 0 Å². The SMILES string of the molecule is CC1CCC(Nc2cc(Br)c(F)cc2N)C1C. The highest BCUT2D eigenvalue weighted by atomic mass is 79.9. The Bertz CT molecular complexity index is 422. The Kier molecular flexibility index (Phi) is 3.61. The summed E-state index contributed by atoms with van der Waals surface area (Å²) in [6.45, 7) is 4.53. The molecule has 1 aromatic carbocycles. The lowest BCUT2D eigenvalue weighted by molar-refractivity contribution is 0.435. The monoisotopic (exact) mass is 300 g/mol. The maximum absolute atomic E-state index is 13.3. The Morgan fingerprint density at radius 1 is 1.35 bits per heavy atom. The molecule has 0 bridgehead atoms. The van der Waals surface area contributed by atoms with Crippen LogP contribution in [0.4, 0.5) is 15.8 Å². The Hall–Kier alpha value is -0.770. The third-order valence-electron chi connectivity index (χ3n) is 3.90. The number of nitrogens with one attached hydrogen (secondary N) is 1. The molecule has 2 nitrogen and oxygen atoms in total. The van der Waals surface area contributed by atoms with Crippen molar-refractivity contribution >= 4 is 27.3 Å². The minimum absolute atomic E-state index is 0.319. The van der Waals surface area contributed by atoms with Gasteiger partial charge in [0, 0.05) is 12.1 Å². The Morgan fingerprint density at radius 2 is 2.06 bits per heavy atom. The van der Waals surface area contributed by atoms with Gasteiger partial charge in [-0.25, -0.2) is 4.39 Å². The molecule has 0 aliphatic heterocycles. The third-order valence-corrected chi connectivity index (χ3v) is 4.51. The first-order valence-electron chi connectivity index (χ1n) is 6.00. The molecule has 0 heterocycles. The van der Waals surface area contributed by atoms with Crippen LogP contribution in [0, 0.1) is 17.7 Å². The highest BCUT2D eigenvalue weighted by molar-refractivity contribution is 9.10. The minimum Gasteiger partial charge on any atom is -0.397 e. The summed E-state index contributed by atoms with van der Waals surface area (Å²) in [5.74, 6) is 1.04. The molecule has 3 N–H and O–H groups in total. The zero-order chi connectivity index (χ0) is 12.6. The van der Waals surface area contributed by atoms with Crippen LogP contribution in [0.2, 0.25) is 0 Å². The summed E-state index contributed by atoms with van der Waals surface area (Å²) < 4.78 is 13.7. The van der Waals surface area contributed by atoms with Crippen molar-refractivity contribution in [2.75, 3.05) is 11.1 Å². The molecule has 1 aromatic rings. The van der Waals surface area contributed by atoms with Crippen LogP contribution in [0.3, 0.4) is 0 Å². The van der Waals surface area contributed by atoms with E-state index in [-0.39, 0.29) is 5.82 Å². The Balaban J connectivity index is 2.16. The quantitative estimate of drug-likeness (QED) is 0.810. The molecule has 3 atom stereocenters. The smallest absolute Gasteiger partial charge is 0.139 e. The van der Waals surface area contributed by atoms with Crippen LogP contribution in [-0.2, 0) is 0 Å². The molecular weight excluding hydrogens is 283 g/mol. The molecule has 0 saturated heterocycles. The van der Waals surface area contributed by atoms with Gasteiger partial charge in [-0.15, -0.1) is 0 Å². The molecule has 0 amide bonds. The van der Waals surface area contributed by atoms with Crippen molar-refractivity contribution in [2.24, 2.45) is 11.8 Å². The first-order chi connectivity index (χ1) is 7.99. The predicted octanol–water partition coefficient (Wildman–Crippen LogP) is 4.02. The normalized spacial score (nSPS) is 28.4. The minimum atomic E-state index is -0.319. The molecule has 0 spiro atoms. The van der Waals surface area contributed by atoms with E-state index in [4.69, 9.17) is 5.73 Å². The van der Waals surface area contributed by atoms with Gasteiger partial charge in [0.2, 0.25) is 0 Å². The fourth-order valence-electron chi connectivity index (χ4n) is 2.46. The van der Waals surface area contributed by atoms with Crippen LogP contribution < -0.4 is 11.1 Å². The number of halogens is 2. The van der Waals surface area contributed by atoms with Crippen molar-refractivity contribution in [1.82, 2.24) is 0 Å². The van der Waals surface area contributed by atoms with E-state index in [1.165, 1.54) is 12.5 Å². The first-order valence-corrected chi connectivity index (χ1v) is 6.79. The van der Waals surface area contributed by atoms with E-state index in [1.807, 2.05) is 0 Å². The lowest BCUT2D eigenvalue weighted by Gasteiger charge is -2.22. The van der Waals surface area contributed by atoms with Crippen LogP contribution >= 0.6 is 15.9 Å². The zero-order valence-electron chi connectivity index (χ0n) is 10.1. The fraction of sp³-hybridized carbons (Fsp3) is 0.538. The molecule has 4 heteroatoms. The molecule has 1 saturated carbocycles. The van der Waals surface area contributed by atoms with E-state index in [2.05, 4.69) is 35.1 Å². The van der Waals surface area contributed by atoms with Gasteiger partial charge in [-0.2, -0.15) is 0 Å². The van der Waals surface area contributed by atoms with Crippen molar-refractivity contribution in [3.63, 3.8) is 0 Å². The standard InChI is InChI=1S/C13H18BrFN2/c1-7-3-4-12(8(7)2)17-13-5-9(14)10(15)6-11(13)16/h5-8,12,17H,3-4,16H2,1-2H3. The van der Waals surface area contributed by atoms with Gasteiger partial charge in [0.1, 0.15) is 5.82 Å². The summed E-state index contributed by atoms with van der Waals surface area (Å²) in [4.78, 5) is 0. The van der Waals surface area contributed by atoms with Crippen LogP contribution in [0.25, 0.3) is 0 Å². The molecule has 1 aliphatic carbocycles. The average Bonchev–Trinajstić information content (AvgIpc) is 2.58. The van der Waals surface area contributed by atoms with E-state index in [1.54, 1.807) is 6.07 Å². The second-order valence-electron chi connectivity index (χ2n) is 5.02. The van der Waals surface area contributed by atoms with Crippen LogP contribution in [0.15, 0.2) is 16.6 Å². The van der Waals surface area contributed by atoms with Crippen molar-refractivity contribution in [3.05, 3.63) is 22.4 Å². The van der Waals surface area contributed by atoms with Gasteiger partial charge >= 0.3 is 0 Å². The maximum Gasteiger partial charge on any atom is 0.139 e. The van der Waals surface area contributed by atoms with Crippen LogP contribution in [0.1, 0.15) is 26.7 Å². The summed E-state index contributed by atoms with van der Waals surface area (Å²) in [5.41, 5.74) is 7.12. The van der Waals surface area contributed by atoms with Gasteiger partial charge < -0.3 is 11.1 Å². The second kappa shape index (κ2) is 4.84. The summed E-state index contributed by atoms with van der Waals surface area (Å²) in [5, 5.41) is 3.44. The maximum atomic E-state index is 13.3. The lowest BCUT2D eigenvalue weighted by Crippen LogP contribution is -2.24. The second-order valence-corrected chi connectivity index (χ2v) is 5.87. The number of hydrogen-bond acceptors (Lipinski definition) is 2. The number of nitrogens with two attached hydrogens (primary N) is 1. The average molecular weight is 301 g/mol. The molecule has 1 fully saturated rings. The zero-order valence-corrected chi connectivity index (χ0v) is 11.7. The molecule has 0 aromatic heterocycles. The Morgan fingerprint density at radius 3 is 2.65 bits per heavy atom. The fourth-order valence-corrected chi connectivity index (χ4v) is 2.80. The number of rotatable bonds is 2. The molecule has 3 unspecified atom stereocenters. The van der Waals surface area contributed by atoms with Crippen LogP contribution in [-0.4, -0.2) is 6.04 Å². The highest BCUT2D eigenvalue weighted by Gasteiger charge is 2.29. The number of nitrogen functional groups attached to an aromatic ring is 1. The van der Waals surface area contributed by atoms with Crippen molar-refractivity contribution in [2.45, 2.75) is 32.7 Å². The van der Waals surface area contributed by atoms with E-state index >= 15 is 0 Å². The largest absolute Gasteiger partial charge is 0.397 e. The van der Waals surface area contributed by atoms with Gasteiger partial charge in [0.05, 0.1) is 15.8 Å². The third kappa shape index (κ3) is 2.57. The summed E-state index contributed by atoms with van der Waals surface area (Å²) in [6.07, 6.45) is 2.39. The Labute approximate surface area is 110 Å². The molecule has 0 radical (unpaired) electrons. The van der Waals surface area contributed by atoms with E-state index in [0.717, 1.165) is 18.0 Å². The highest BCUT2D eigenvalue weighted by Crippen LogP contribution is 2.35. The number of anilines is 2. The molecular formula is C13H18BrFN2. The molecule has 1 aliphatic rings. The first kappa shape index (κ1) is 12.7. The number of benzene rings is 1. The summed E-state index contributed by atoms with van der Waals surface area (Å²) in [6, 6.07) is 3.51. The van der Waals surface area contributed by atoms with Crippen molar-refractivity contribution in [1.29, 1.82) is 0 Å². The summed E-state index contributed by atoms with van der Waals surface area (Å²) in [7, 11) is 0. The predicted molar refractivity (Wildman–Crippen MR) is 73.5 cm³/mol. The van der Waals surface area contributed by atoms with E-state index in [9.17, 15) is 4.39 Å². The van der Waals surface area contributed by atoms with Gasteiger partial charge in [0.25, 0.3) is 0 Å². The molecule has 2 rings (SSSR count). The van der Waals surface area contributed by atoms with Crippen molar-refractivity contribution < 1.29 is 4.39 Å². The van der Waals surface area contributed by atoms with Gasteiger partial charge in [-0.05, 0) is 46.7 Å². The number of hydrogen-bond donors (Lipinski definition) is 2. The van der Waals surface area contributed by atoms with E-state index in [0.29, 0.717) is 22.1 Å². The van der Waals surface area contributed by atoms with Gasteiger partial charge in [-0.3, -0.25) is 0 Å². The molecule has 94 valence electrons. The van der Waals surface area contributed by atoms with Crippen molar-refractivity contribution in [3.8, 4) is 0 Å². The molecule has 17 heavy (non-hydrogen) atoms. The lowest BCUT2D eigenvalue weighted by atomic mass is 9.97. The van der Waals surface area contributed by atoms with Gasteiger partial charge in [-0.1, -0.05) is 13.8 Å². The summed E-state index contributed by atoms with van der Waals surface area (Å²) >= 11 is 3.19. The van der Waals surface area contributed by atoms with Gasteiger partial charge in [0.15, 0.2) is 0 Å².